The molecule has 0 radical (unpaired) electrons. The van der Waals surface area contributed by atoms with Gasteiger partial charge in [-0.3, -0.25) is 0 Å². The molecule has 0 spiro atoms. The summed E-state index contributed by atoms with van der Waals surface area (Å²) in [5.41, 5.74) is -1.06. The van der Waals surface area contributed by atoms with Crippen LogP contribution in [-0.4, -0.2) is 33.6 Å². The Hall–Kier alpha value is -0.820. The van der Waals surface area contributed by atoms with Gasteiger partial charge >= 0.3 is 12.1 Å². The minimum absolute atomic E-state index is 0.120. The minimum Gasteiger partial charge on any atom is -0.478 e. The van der Waals surface area contributed by atoms with E-state index in [4.69, 9.17) is 5.11 Å². The van der Waals surface area contributed by atoms with E-state index in [2.05, 4.69) is 12.2 Å². The van der Waals surface area contributed by atoms with Crippen LogP contribution in [0.25, 0.3) is 0 Å². The van der Waals surface area contributed by atoms with Gasteiger partial charge in [-0.05, 0) is 18.4 Å². The number of halogens is 3. The normalized spacial score (nSPS) is 21.5. The molecule has 0 aromatic rings. The van der Waals surface area contributed by atoms with E-state index in [1.54, 1.807) is 0 Å². The molecule has 0 saturated carbocycles. The fourth-order valence-corrected chi connectivity index (χ4v) is 2.65. The van der Waals surface area contributed by atoms with E-state index in [0.29, 0.717) is 0 Å². The lowest BCUT2D eigenvalue weighted by atomic mass is 9.97. The molecule has 1 atom stereocenters. The predicted octanol–water partition coefficient (Wildman–Crippen LogP) is 2.60. The number of thiocarbonyl (C=S) groups is 1. The van der Waals surface area contributed by atoms with Gasteiger partial charge in [0, 0.05) is 4.86 Å². The molecule has 0 aromatic heterocycles. The van der Waals surface area contributed by atoms with Crippen LogP contribution in [-0.2, 0) is 4.79 Å². The van der Waals surface area contributed by atoms with E-state index < -0.39 is 23.0 Å². The molecule has 7 heteroatoms. The third-order valence-corrected chi connectivity index (χ3v) is 3.57. The van der Waals surface area contributed by atoms with E-state index in [-0.39, 0.29) is 10.4 Å². The van der Waals surface area contributed by atoms with Crippen molar-refractivity contribution in [3.63, 3.8) is 0 Å². The van der Waals surface area contributed by atoms with Gasteiger partial charge in [-0.1, -0.05) is 12.2 Å². The Bertz CT molecular complexity index is 396. The lowest BCUT2D eigenvalue weighted by molar-refractivity contribution is -0.132. The van der Waals surface area contributed by atoms with Crippen molar-refractivity contribution in [1.82, 2.24) is 0 Å². The number of carboxylic acids is 1. The van der Waals surface area contributed by atoms with E-state index in [1.165, 1.54) is 6.26 Å². The largest absolute Gasteiger partial charge is 0.478 e. The standard InChI is InChI=1S/C9H7F3O2S2/c1-16-7-4(8(13)14)2-3-5(6(7)15)9(10,11)12/h2-3,7H,1H3,(H,13,14). The summed E-state index contributed by atoms with van der Waals surface area (Å²) in [5, 5.41) is 7.87. The number of rotatable bonds is 2. The maximum atomic E-state index is 12.5. The van der Waals surface area contributed by atoms with Gasteiger partial charge in [0.05, 0.1) is 16.4 Å². The summed E-state index contributed by atoms with van der Waals surface area (Å²) in [5.74, 6) is -1.25. The molecule has 0 bridgehead atoms. The monoisotopic (exact) mass is 268 g/mol. The van der Waals surface area contributed by atoms with E-state index in [1.807, 2.05) is 0 Å². The summed E-state index contributed by atoms with van der Waals surface area (Å²) in [4.78, 5) is 10.4. The van der Waals surface area contributed by atoms with Crippen LogP contribution >= 0.6 is 24.0 Å². The molecule has 1 N–H and O–H groups in total. The Labute approximate surface area is 99.2 Å². The van der Waals surface area contributed by atoms with Crippen LogP contribution in [0.1, 0.15) is 0 Å². The number of hydrogen-bond donors (Lipinski definition) is 1. The SMILES string of the molecule is CSC1C(=S)C(C(F)(F)F)=CC=C1C(=O)O. The highest BCUT2D eigenvalue weighted by Crippen LogP contribution is 2.35. The summed E-state index contributed by atoms with van der Waals surface area (Å²) >= 11 is 5.66. The van der Waals surface area contributed by atoms with Gasteiger partial charge in [0.15, 0.2) is 0 Å². The molecule has 0 heterocycles. The topological polar surface area (TPSA) is 37.3 Å². The quantitative estimate of drug-likeness (QED) is 0.781. The zero-order valence-electron chi connectivity index (χ0n) is 8.04. The second-order valence-corrected chi connectivity index (χ2v) is 4.37. The molecule has 0 aromatic carbocycles. The van der Waals surface area contributed by atoms with Gasteiger partial charge < -0.3 is 5.11 Å². The lowest BCUT2D eigenvalue weighted by Crippen LogP contribution is -2.32. The van der Waals surface area contributed by atoms with Crippen molar-refractivity contribution >= 4 is 34.8 Å². The zero-order valence-corrected chi connectivity index (χ0v) is 9.67. The van der Waals surface area contributed by atoms with Crippen LogP contribution < -0.4 is 0 Å². The van der Waals surface area contributed by atoms with Crippen molar-refractivity contribution in [2.24, 2.45) is 0 Å². The molecule has 1 rings (SSSR count). The first-order chi connectivity index (χ1) is 7.29. The number of allylic oxidation sites excluding steroid dienone is 3. The van der Waals surface area contributed by atoms with E-state index in [0.717, 1.165) is 23.9 Å². The van der Waals surface area contributed by atoms with Gasteiger partial charge in [-0.25, -0.2) is 4.79 Å². The average molecular weight is 268 g/mol. The lowest BCUT2D eigenvalue weighted by Gasteiger charge is -2.23. The Balaban J connectivity index is 3.20. The second kappa shape index (κ2) is 4.58. The first-order valence-corrected chi connectivity index (χ1v) is 5.78. The van der Waals surface area contributed by atoms with Crippen molar-refractivity contribution in [3.8, 4) is 0 Å². The van der Waals surface area contributed by atoms with Gasteiger partial charge in [0.2, 0.25) is 0 Å². The number of carbonyl (C=O) groups is 1. The van der Waals surface area contributed by atoms with Gasteiger partial charge in [0.25, 0.3) is 0 Å². The molecule has 0 fully saturated rings. The molecule has 2 nitrogen and oxygen atoms in total. The van der Waals surface area contributed by atoms with Crippen LogP contribution in [0.5, 0.6) is 0 Å². The number of carboxylic acid groups (broad SMARTS) is 1. The Morgan fingerprint density at radius 2 is 2.06 bits per heavy atom. The molecule has 0 saturated heterocycles. The Morgan fingerprint density at radius 3 is 2.44 bits per heavy atom. The molecule has 88 valence electrons. The maximum absolute atomic E-state index is 12.5. The molecule has 1 unspecified atom stereocenters. The van der Waals surface area contributed by atoms with E-state index in [9.17, 15) is 18.0 Å². The predicted molar refractivity (Wildman–Crippen MR) is 59.8 cm³/mol. The first kappa shape index (κ1) is 13.2. The zero-order chi connectivity index (χ0) is 12.5. The minimum atomic E-state index is -4.54. The number of aliphatic carboxylic acids is 1. The summed E-state index contributed by atoms with van der Waals surface area (Å²) in [6.45, 7) is 0. The van der Waals surface area contributed by atoms with Crippen molar-refractivity contribution in [2.45, 2.75) is 11.4 Å². The summed E-state index contributed by atoms with van der Waals surface area (Å²) in [7, 11) is 0. The van der Waals surface area contributed by atoms with Crippen LogP contribution in [0.2, 0.25) is 0 Å². The number of thioether (sulfide) groups is 1. The molecule has 1 aliphatic carbocycles. The van der Waals surface area contributed by atoms with Gasteiger partial charge in [-0.2, -0.15) is 24.9 Å². The third-order valence-electron chi connectivity index (χ3n) is 2.00. The molecule has 0 aliphatic heterocycles. The van der Waals surface area contributed by atoms with Crippen LogP contribution in [0.4, 0.5) is 13.2 Å². The van der Waals surface area contributed by atoms with Crippen LogP contribution in [0, 0.1) is 0 Å². The maximum Gasteiger partial charge on any atom is 0.417 e. The first-order valence-electron chi connectivity index (χ1n) is 4.08. The average Bonchev–Trinajstić information content (AvgIpc) is 2.14. The molecule has 0 amide bonds. The Kier molecular flexibility index (Phi) is 3.80. The fourth-order valence-electron chi connectivity index (χ4n) is 1.28. The van der Waals surface area contributed by atoms with Crippen molar-refractivity contribution in [1.29, 1.82) is 0 Å². The molecular formula is C9H7F3O2S2. The highest BCUT2D eigenvalue weighted by molar-refractivity contribution is 8.01. The van der Waals surface area contributed by atoms with E-state index >= 15 is 0 Å². The summed E-state index contributed by atoms with van der Waals surface area (Å²) in [6, 6.07) is 0. The summed E-state index contributed by atoms with van der Waals surface area (Å²) < 4.78 is 37.5. The van der Waals surface area contributed by atoms with Crippen molar-refractivity contribution in [3.05, 3.63) is 23.3 Å². The van der Waals surface area contributed by atoms with Crippen LogP contribution in [0.15, 0.2) is 23.3 Å². The smallest absolute Gasteiger partial charge is 0.417 e. The molecular weight excluding hydrogens is 261 g/mol. The molecule has 16 heavy (non-hydrogen) atoms. The highest BCUT2D eigenvalue weighted by atomic mass is 32.2. The van der Waals surface area contributed by atoms with Crippen molar-refractivity contribution in [2.75, 3.05) is 6.26 Å². The van der Waals surface area contributed by atoms with Crippen LogP contribution in [0.3, 0.4) is 0 Å². The second-order valence-electron chi connectivity index (χ2n) is 2.99. The number of alkyl halides is 3. The van der Waals surface area contributed by atoms with Gasteiger partial charge in [0.1, 0.15) is 0 Å². The number of hydrogen-bond acceptors (Lipinski definition) is 3. The van der Waals surface area contributed by atoms with Gasteiger partial charge in [-0.15, -0.1) is 0 Å². The van der Waals surface area contributed by atoms with Crippen molar-refractivity contribution < 1.29 is 23.1 Å². The Morgan fingerprint density at radius 1 is 1.50 bits per heavy atom. The fraction of sp³-hybridized carbons (Fsp3) is 0.333. The third kappa shape index (κ3) is 2.46. The molecule has 1 aliphatic rings. The summed E-state index contributed by atoms with van der Waals surface area (Å²) in [6.07, 6.45) is -1.33. The highest BCUT2D eigenvalue weighted by Gasteiger charge is 2.41.